The van der Waals surface area contributed by atoms with Gasteiger partial charge in [0.25, 0.3) is 0 Å². The Morgan fingerprint density at radius 3 is 2.52 bits per heavy atom. The first-order valence-corrected chi connectivity index (χ1v) is 6.67. The molecule has 5 nitrogen and oxygen atoms in total. The van der Waals surface area contributed by atoms with Gasteiger partial charge in [0.05, 0.1) is 12.2 Å². The Labute approximate surface area is 122 Å². The van der Waals surface area contributed by atoms with Crippen LogP contribution in [0.2, 0.25) is 0 Å². The molecule has 106 valence electrons. The third-order valence-corrected chi connectivity index (χ3v) is 3.05. The molecule has 1 N–H and O–H groups in total. The number of rotatable bonds is 5. The summed E-state index contributed by atoms with van der Waals surface area (Å²) in [7, 11) is 0. The summed E-state index contributed by atoms with van der Waals surface area (Å²) in [6, 6.07) is 17.4. The van der Waals surface area contributed by atoms with E-state index in [0.717, 1.165) is 28.6 Å². The van der Waals surface area contributed by atoms with Gasteiger partial charge in [-0.3, -0.25) is 0 Å². The molecule has 3 aromatic rings. The number of hydrogen-bond acceptors (Lipinski definition) is 5. The molecule has 0 saturated carbocycles. The molecule has 0 atom stereocenters. The fourth-order valence-corrected chi connectivity index (χ4v) is 1.91. The Morgan fingerprint density at radius 1 is 1.00 bits per heavy atom. The third-order valence-electron chi connectivity index (χ3n) is 3.05. The molecule has 0 aliphatic carbocycles. The number of ether oxygens (including phenoxy) is 1. The average molecular weight is 281 g/mol. The Hall–Kier alpha value is -2.82. The number of aromatic nitrogens is 2. The van der Waals surface area contributed by atoms with Gasteiger partial charge in [-0.1, -0.05) is 40.6 Å². The van der Waals surface area contributed by atoms with Crippen LogP contribution in [0.4, 0.5) is 5.69 Å². The quantitative estimate of drug-likeness (QED) is 0.771. The normalized spacial score (nSPS) is 10.3. The second kappa shape index (κ2) is 6.09. The van der Waals surface area contributed by atoms with Crippen molar-refractivity contribution < 1.29 is 9.37 Å². The van der Waals surface area contributed by atoms with Crippen LogP contribution in [0.5, 0.6) is 11.5 Å². The molecule has 2 aromatic carbocycles. The predicted molar refractivity (Wildman–Crippen MR) is 79.3 cm³/mol. The van der Waals surface area contributed by atoms with Crippen molar-refractivity contribution in [2.45, 2.75) is 13.5 Å². The Balaban J connectivity index is 1.75. The van der Waals surface area contributed by atoms with E-state index in [1.54, 1.807) is 0 Å². The van der Waals surface area contributed by atoms with E-state index < -0.39 is 0 Å². The fourth-order valence-electron chi connectivity index (χ4n) is 1.91. The number of benzene rings is 2. The lowest BCUT2D eigenvalue weighted by Gasteiger charge is -2.12. The molecule has 3 rings (SSSR count). The summed E-state index contributed by atoms with van der Waals surface area (Å²) in [6.45, 7) is 2.39. The van der Waals surface area contributed by atoms with Crippen molar-refractivity contribution >= 4 is 5.69 Å². The van der Waals surface area contributed by atoms with E-state index in [1.165, 1.54) is 0 Å². The summed E-state index contributed by atoms with van der Waals surface area (Å²) in [5.41, 5.74) is 2.46. The highest BCUT2D eigenvalue weighted by molar-refractivity contribution is 5.57. The van der Waals surface area contributed by atoms with Crippen molar-refractivity contribution in [2.24, 2.45) is 0 Å². The monoisotopic (exact) mass is 281 g/mol. The minimum Gasteiger partial charge on any atom is -0.455 e. The molecule has 0 aliphatic heterocycles. The van der Waals surface area contributed by atoms with Gasteiger partial charge in [0, 0.05) is 0 Å². The average Bonchev–Trinajstić information content (AvgIpc) is 2.93. The van der Waals surface area contributed by atoms with E-state index >= 15 is 0 Å². The van der Waals surface area contributed by atoms with Gasteiger partial charge in [-0.25, -0.2) is 4.63 Å². The van der Waals surface area contributed by atoms with Gasteiger partial charge in [-0.05, 0) is 31.2 Å². The van der Waals surface area contributed by atoms with Crippen molar-refractivity contribution in [2.75, 3.05) is 5.32 Å². The first-order chi connectivity index (χ1) is 10.3. The molecule has 0 radical (unpaired) electrons. The molecule has 0 bridgehead atoms. The number of nitrogens with one attached hydrogen (secondary N) is 1. The number of para-hydroxylation sites is 3. The van der Waals surface area contributed by atoms with Crippen molar-refractivity contribution in [1.29, 1.82) is 0 Å². The van der Waals surface area contributed by atoms with Gasteiger partial charge in [-0.2, -0.15) is 0 Å². The molecule has 5 heteroatoms. The lowest BCUT2D eigenvalue weighted by atomic mass is 10.2. The van der Waals surface area contributed by atoms with Crippen LogP contribution in [0.25, 0.3) is 0 Å². The lowest BCUT2D eigenvalue weighted by Crippen LogP contribution is -2.02. The smallest absolute Gasteiger partial charge is 0.150 e. The summed E-state index contributed by atoms with van der Waals surface area (Å²) < 4.78 is 10.6. The van der Waals surface area contributed by atoms with Crippen LogP contribution in [-0.4, -0.2) is 10.3 Å². The number of hydrogen-bond donors (Lipinski definition) is 1. The molecule has 0 saturated heterocycles. The second-order valence-corrected chi connectivity index (χ2v) is 4.56. The van der Waals surface area contributed by atoms with Crippen LogP contribution < -0.4 is 10.1 Å². The van der Waals surface area contributed by atoms with E-state index in [-0.39, 0.29) is 0 Å². The molecule has 0 unspecified atom stereocenters. The van der Waals surface area contributed by atoms with Crippen LogP contribution in [0.1, 0.15) is 11.4 Å². The lowest BCUT2D eigenvalue weighted by molar-refractivity contribution is 0.301. The standard InChI is InChI=1S/C16H15N3O2/c1-12-15(19-21-18-12)11-17-14-9-5-6-10-16(14)20-13-7-3-2-4-8-13/h2-10,17H,11H2,1H3. The topological polar surface area (TPSA) is 60.2 Å². The zero-order chi connectivity index (χ0) is 14.5. The maximum absolute atomic E-state index is 5.89. The molecule has 0 aliphatic rings. The molecule has 0 fully saturated rings. The Kier molecular flexibility index (Phi) is 3.82. The van der Waals surface area contributed by atoms with Gasteiger partial charge in [0.1, 0.15) is 17.1 Å². The summed E-state index contributed by atoms with van der Waals surface area (Å²) in [6.07, 6.45) is 0. The predicted octanol–water partition coefficient (Wildman–Crippen LogP) is 3.78. The minimum absolute atomic E-state index is 0.532. The van der Waals surface area contributed by atoms with Gasteiger partial charge in [0.15, 0.2) is 5.75 Å². The van der Waals surface area contributed by atoms with Crippen LogP contribution >= 0.6 is 0 Å². The first kappa shape index (κ1) is 13.2. The number of anilines is 1. The van der Waals surface area contributed by atoms with Gasteiger partial charge in [0.2, 0.25) is 0 Å². The highest BCUT2D eigenvalue weighted by atomic mass is 16.6. The molecule has 0 amide bonds. The number of aryl methyl sites for hydroxylation is 1. The zero-order valence-electron chi connectivity index (χ0n) is 11.6. The highest BCUT2D eigenvalue weighted by Crippen LogP contribution is 2.29. The van der Waals surface area contributed by atoms with Crippen LogP contribution in [0.3, 0.4) is 0 Å². The zero-order valence-corrected chi connectivity index (χ0v) is 11.6. The first-order valence-electron chi connectivity index (χ1n) is 6.67. The molecular weight excluding hydrogens is 266 g/mol. The Morgan fingerprint density at radius 2 is 1.76 bits per heavy atom. The van der Waals surface area contributed by atoms with E-state index in [2.05, 4.69) is 20.3 Å². The second-order valence-electron chi connectivity index (χ2n) is 4.56. The van der Waals surface area contributed by atoms with Gasteiger partial charge in [-0.15, -0.1) is 0 Å². The van der Waals surface area contributed by atoms with Crippen LogP contribution in [0, 0.1) is 6.92 Å². The molecule has 21 heavy (non-hydrogen) atoms. The SMILES string of the molecule is Cc1nonc1CNc1ccccc1Oc1ccccc1. The summed E-state index contributed by atoms with van der Waals surface area (Å²) in [4.78, 5) is 0. The minimum atomic E-state index is 0.532. The molecular formula is C16H15N3O2. The molecule has 1 aromatic heterocycles. The Bertz CT molecular complexity index is 710. The summed E-state index contributed by atoms with van der Waals surface area (Å²) >= 11 is 0. The van der Waals surface area contributed by atoms with Crippen LogP contribution in [-0.2, 0) is 6.54 Å². The van der Waals surface area contributed by atoms with Crippen molar-refractivity contribution in [3.05, 3.63) is 66.0 Å². The van der Waals surface area contributed by atoms with Gasteiger partial charge >= 0.3 is 0 Å². The van der Waals surface area contributed by atoms with E-state index in [9.17, 15) is 0 Å². The van der Waals surface area contributed by atoms with Crippen LogP contribution in [0.15, 0.2) is 59.2 Å². The van der Waals surface area contributed by atoms with Crippen molar-refractivity contribution in [1.82, 2.24) is 10.3 Å². The number of nitrogens with zero attached hydrogens (tertiary/aromatic N) is 2. The molecule has 0 spiro atoms. The van der Waals surface area contributed by atoms with E-state index in [4.69, 9.17) is 4.74 Å². The highest BCUT2D eigenvalue weighted by Gasteiger charge is 2.08. The van der Waals surface area contributed by atoms with Gasteiger partial charge < -0.3 is 10.1 Å². The summed E-state index contributed by atoms with van der Waals surface area (Å²) in [5, 5.41) is 10.9. The maximum Gasteiger partial charge on any atom is 0.150 e. The van der Waals surface area contributed by atoms with E-state index in [0.29, 0.717) is 6.54 Å². The maximum atomic E-state index is 5.89. The third kappa shape index (κ3) is 3.20. The molecule has 1 heterocycles. The van der Waals surface area contributed by atoms with Crippen molar-refractivity contribution in [3.8, 4) is 11.5 Å². The summed E-state index contributed by atoms with van der Waals surface area (Å²) in [5.74, 6) is 1.56. The largest absolute Gasteiger partial charge is 0.455 e. The fraction of sp³-hybridized carbons (Fsp3) is 0.125. The van der Waals surface area contributed by atoms with Crippen molar-refractivity contribution in [3.63, 3.8) is 0 Å². The van der Waals surface area contributed by atoms with E-state index in [1.807, 2.05) is 61.5 Å².